The third-order valence-electron chi connectivity index (χ3n) is 5.15. The summed E-state index contributed by atoms with van der Waals surface area (Å²) in [7, 11) is 3.37. The van der Waals surface area contributed by atoms with E-state index >= 15 is 0 Å². The van der Waals surface area contributed by atoms with E-state index in [1.54, 1.807) is 38.4 Å². The van der Waals surface area contributed by atoms with Gasteiger partial charge in [-0.2, -0.15) is 0 Å². The molecule has 5 nitrogen and oxygen atoms in total. The van der Waals surface area contributed by atoms with Gasteiger partial charge in [0.15, 0.2) is 6.61 Å². The molecule has 0 bridgehead atoms. The van der Waals surface area contributed by atoms with Gasteiger partial charge in [-0.15, -0.1) is 0 Å². The van der Waals surface area contributed by atoms with Crippen LogP contribution in [0.25, 0.3) is 0 Å². The average Bonchev–Trinajstić information content (AvgIpc) is 2.59. The summed E-state index contributed by atoms with van der Waals surface area (Å²) in [5, 5.41) is 3.23. The number of nitrogens with zero attached hydrogens (tertiary/aromatic N) is 1. The van der Waals surface area contributed by atoms with Crippen LogP contribution in [-0.4, -0.2) is 43.5 Å². The maximum absolute atomic E-state index is 12.7. The summed E-state index contributed by atoms with van der Waals surface area (Å²) in [6, 6.07) is 7.24. The molecule has 0 spiro atoms. The van der Waals surface area contributed by atoms with Crippen LogP contribution in [0.2, 0.25) is 0 Å². The molecule has 1 N–H and O–H groups in total. The van der Waals surface area contributed by atoms with Gasteiger partial charge in [-0.25, -0.2) is 0 Å². The van der Waals surface area contributed by atoms with E-state index < -0.39 is 0 Å². The van der Waals surface area contributed by atoms with Gasteiger partial charge in [0.25, 0.3) is 11.8 Å². The molecule has 5 heteroatoms. The van der Waals surface area contributed by atoms with Crippen LogP contribution in [0, 0.1) is 11.3 Å². The molecule has 2 unspecified atom stereocenters. The molecular formula is C21H32N2O3. The van der Waals surface area contributed by atoms with Gasteiger partial charge in [0, 0.05) is 25.7 Å². The lowest BCUT2D eigenvalue weighted by Gasteiger charge is -2.40. The first kappa shape index (κ1) is 20.3. The molecule has 1 saturated carbocycles. The minimum absolute atomic E-state index is 0.0349. The number of hydrogen-bond donors (Lipinski definition) is 1. The third kappa shape index (κ3) is 5.48. The number of carbonyl (C=O) groups excluding carboxylic acids is 2. The zero-order valence-corrected chi connectivity index (χ0v) is 16.7. The van der Waals surface area contributed by atoms with Crippen molar-refractivity contribution in [3.8, 4) is 5.75 Å². The van der Waals surface area contributed by atoms with Gasteiger partial charge in [-0.05, 0) is 42.4 Å². The SMILES string of the molecule is CN(C)C(=O)COc1cccc(C(=O)NC2CCCCC2C(C)(C)C)c1. The molecule has 2 amide bonds. The van der Waals surface area contributed by atoms with Crippen molar-refractivity contribution in [2.45, 2.75) is 52.5 Å². The lowest BCUT2D eigenvalue weighted by atomic mass is 9.69. The Morgan fingerprint density at radius 3 is 2.54 bits per heavy atom. The molecule has 26 heavy (non-hydrogen) atoms. The van der Waals surface area contributed by atoms with E-state index in [1.165, 1.54) is 11.3 Å². The summed E-state index contributed by atoms with van der Waals surface area (Å²) in [5.74, 6) is 0.826. The Kier molecular flexibility index (Phi) is 6.68. The highest BCUT2D eigenvalue weighted by atomic mass is 16.5. The lowest BCUT2D eigenvalue weighted by Crippen LogP contribution is -2.46. The molecular weight excluding hydrogens is 328 g/mol. The van der Waals surface area contributed by atoms with Crippen LogP contribution in [0.5, 0.6) is 5.75 Å². The Balaban J connectivity index is 2.02. The van der Waals surface area contributed by atoms with Crippen LogP contribution in [0.1, 0.15) is 56.8 Å². The first-order valence-electron chi connectivity index (χ1n) is 9.42. The smallest absolute Gasteiger partial charge is 0.259 e. The maximum Gasteiger partial charge on any atom is 0.259 e. The average molecular weight is 360 g/mol. The van der Waals surface area contributed by atoms with E-state index in [4.69, 9.17) is 4.74 Å². The third-order valence-corrected chi connectivity index (χ3v) is 5.15. The first-order valence-corrected chi connectivity index (χ1v) is 9.42. The second-order valence-electron chi connectivity index (χ2n) is 8.44. The fourth-order valence-electron chi connectivity index (χ4n) is 3.59. The number of rotatable bonds is 5. The number of amides is 2. The normalized spacial score (nSPS) is 20.3. The van der Waals surface area contributed by atoms with Gasteiger partial charge in [-0.3, -0.25) is 9.59 Å². The number of carbonyl (C=O) groups is 2. The molecule has 1 aromatic rings. The van der Waals surface area contributed by atoms with Crippen LogP contribution >= 0.6 is 0 Å². The zero-order chi connectivity index (χ0) is 19.3. The monoisotopic (exact) mass is 360 g/mol. The van der Waals surface area contributed by atoms with E-state index in [2.05, 4.69) is 26.1 Å². The minimum atomic E-state index is -0.116. The molecule has 0 aromatic heterocycles. The van der Waals surface area contributed by atoms with E-state index in [0.717, 1.165) is 19.3 Å². The number of ether oxygens (including phenoxy) is 1. The zero-order valence-electron chi connectivity index (χ0n) is 16.7. The van der Waals surface area contributed by atoms with Gasteiger partial charge in [-0.1, -0.05) is 39.7 Å². The molecule has 0 aliphatic heterocycles. The largest absolute Gasteiger partial charge is 0.484 e. The highest BCUT2D eigenvalue weighted by Gasteiger charge is 2.35. The van der Waals surface area contributed by atoms with Crippen molar-refractivity contribution in [2.75, 3.05) is 20.7 Å². The standard InChI is InChI=1S/C21H32N2O3/c1-21(2,3)17-11-6-7-12-18(17)22-20(25)15-9-8-10-16(13-15)26-14-19(24)23(4)5/h8-10,13,17-18H,6-7,11-12,14H2,1-5H3,(H,22,25). The second kappa shape index (κ2) is 8.56. The fraction of sp³-hybridized carbons (Fsp3) is 0.619. The van der Waals surface area contributed by atoms with Crippen LogP contribution in [0.4, 0.5) is 0 Å². The van der Waals surface area contributed by atoms with Crippen molar-refractivity contribution < 1.29 is 14.3 Å². The van der Waals surface area contributed by atoms with Gasteiger partial charge in [0.1, 0.15) is 5.75 Å². The predicted molar refractivity (Wildman–Crippen MR) is 103 cm³/mol. The molecule has 1 aliphatic rings. The Morgan fingerprint density at radius 2 is 1.88 bits per heavy atom. The highest BCUT2D eigenvalue weighted by Crippen LogP contribution is 2.38. The molecule has 0 saturated heterocycles. The van der Waals surface area contributed by atoms with Crippen molar-refractivity contribution in [1.82, 2.24) is 10.2 Å². The molecule has 2 rings (SSSR count). The quantitative estimate of drug-likeness (QED) is 0.874. The molecule has 0 heterocycles. The van der Waals surface area contributed by atoms with Crippen molar-refractivity contribution in [1.29, 1.82) is 0 Å². The van der Waals surface area contributed by atoms with Gasteiger partial charge < -0.3 is 15.0 Å². The molecule has 1 aromatic carbocycles. The van der Waals surface area contributed by atoms with Crippen LogP contribution in [0.15, 0.2) is 24.3 Å². The summed E-state index contributed by atoms with van der Waals surface area (Å²) in [6.45, 7) is 6.71. The maximum atomic E-state index is 12.7. The predicted octanol–water partition coefficient (Wildman–Crippen LogP) is 3.49. The van der Waals surface area contributed by atoms with E-state index in [9.17, 15) is 9.59 Å². The Labute approximate surface area is 157 Å². The van der Waals surface area contributed by atoms with Crippen molar-refractivity contribution in [2.24, 2.45) is 11.3 Å². The molecule has 0 radical (unpaired) electrons. The number of nitrogens with one attached hydrogen (secondary N) is 1. The Morgan fingerprint density at radius 1 is 1.19 bits per heavy atom. The lowest BCUT2D eigenvalue weighted by molar-refractivity contribution is -0.130. The fourth-order valence-corrected chi connectivity index (χ4v) is 3.59. The van der Waals surface area contributed by atoms with Crippen LogP contribution in [-0.2, 0) is 4.79 Å². The summed E-state index contributed by atoms with van der Waals surface area (Å²) in [4.78, 5) is 25.9. The van der Waals surface area contributed by atoms with Crippen LogP contribution < -0.4 is 10.1 Å². The summed E-state index contributed by atoms with van der Waals surface area (Å²) in [6.07, 6.45) is 4.58. The van der Waals surface area contributed by atoms with E-state index in [0.29, 0.717) is 17.2 Å². The van der Waals surface area contributed by atoms with Crippen molar-refractivity contribution >= 4 is 11.8 Å². The Bertz CT molecular complexity index is 634. The highest BCUT2D eigenvalue weighted by molar-refractivity contribution is 5.94. The topological polar surface area (TPSA) is 58.6 Å². The molecule has 2 atom stereocenters. The second-order valence-corrected chi connectivity index (χ2v) is 8.44. The van der Waals surface area contributed by atoms with Crippen LogP contribution in [0.3, 0.4) is 0 Å². The molecule has 1 aliphatic carbocycles. The van der Waals surface area contributed by atoms with Crippen molar-refractivity contribution in [3.05, 3.63) is 29.8 Å². The summed E-state index contributed by atoms with van der Waals surface area (Å²) >= 11 is 0. The molecule has 144 valence electrons. The molecule has 1 fully saturated rings. The summed E-state index contributed by atoms with van der Waals surface area (Å²) in [5.41, 5.74) is 0.744. The Hall–Kier alpha value is -2.04. The first-order chi connectivity index (χ1) is 12.2. The minimum Gasteiger partial charge on any atom is -0.484 e. The van der Waals surface area contributed by atoms with E-state index in [-0.39, 0.29) is 29.9 Å². The number of benzene rings is 1. The van der Waals surface area contributed by atoms with Gasteiger partial charge in [0.2, 0.25) is 0 Å². The van der Waals surface area contributed by atoms with Gasteiger partial charge in [0.05, 0.1) is 0 Å². The number of hydrogen-bond acceptors (Lipinski definition) is 3. The number of likely N-dealkylation sites (N-methyl/N-ethyl adjacent to an activating group) is 1. The van der Waals surface area contributed by atoms with Gasteiger partial charge >= 0.3 is 0 Å². The van der Waals surface area contributed by atoms with Crippen molar-refractivity contribution in [3.63, 3.8) is 0 Å². The van der Waals surface area contributed by atoms with E-state index in [1.807, 2.05) is 0 Å². The summed E-state index contributed by atoms with van der Waals surface area (Å²) < 4.78 is 5.51.